The topological polar surface area (TPSA) is 126 Å². The van der Waals surface area contributed by atoms with Crippen molar-refractivity contribution >= 4 is 51.0 Å². The number of nitrogens with zero attached hydrogens (tertiary/aromatic N) is 2. The second-order valence-electron chi connectivity index (χ2n) is 8.74. The zero-order valence-electron chi connectivity index (χ0n) is 22.4. The lowest BCUT2D eigenvalue weighted by molar-refractivity contribution is -0.119. The lowest BCUT2D eigenvalue weighted by atomic mass is 10.2. The molecule has 0 aliphatic rings. The number of anilines is 2. The fraction of sp³-hybridized carbons (Fsp3) is 0.100. The van der Waals surface area contributed by atoms with Gasteiger partial charge in [0, 0.05) is 16.8 Å². The molecule has 0 spiro atoms. The first-order chi connectivity index (χ1) is 20.2. The lowest BCUT2D eigenvalue weighted by Gasteiger charge is -2.24. The maximum atomic E-state index is 13.4. The van der Waals surface area contributed by atoms with E-state index in [2.05, 4.69) is 15.8 Å². The van der Waals surface area contributed by atoms with Gasteiger partial charge in [-0.25, -0.2) is 13.8 Å². The highest BCUT2D eigenvalue weighted by molar-refractivity contribution is 7.92. The molecule has 0 bridgehead atoms. The van der Waals surface area contributed by atoms with Gasteiger partial charge in [-0.3, -0.25) is 13.9 Å². The molecule has 4 aromatic carbocycles. The number of hydrogen-bond acceptors (Lipinski definition) is 7. The Bertz CT molecular complexity index is 1660. The molecular weight excluding hydrogens is 580 g/mol. The Kier molecular flexibility index (Phi) is 10.1. The first kappa shape index (κ1) is 30.1. The monoisotopic (exact) mass is 606 g/mol. The molecule has 0 unspecified atom stereocenters. The smallest absolute Gasteiger partial charge is 0.264 e. The third-order valence-electron chi connectivity index (χ3n) is 5.72. The summed E-state index contributed by atoms with van der Waals surface area (Å²) in [5.41, 5.74) is 3.82. The average Bonchev–Trinajstić information content (AvgIpc) is 3.00. The third kappa shape index (κ3) is 8.32. The number of carbonyl (C=O) groups excluding carboxylic acids is 2. The first-order valence-corrected chi connectivity index (χ1v) is 14.4. The van der Waals surface area contributed by atoms with Crippen molar-refractivity contribution in [2.24, 2.45) is 5.10 Å². The minimum absolute atomic E-state index is 0.0355. The highest BCUT2D eigenvalue weighted by atomic mass is 35.5. The minimum Gasteiger partial charge on any atom is -0.497 e. The molecule has 0 radical (unpaired) electrons. The summed E-state index contributed by atoms with van der Waals surface area (Å²) < 4.78 is 38.6. The van der Waals surface area contributed by atoms with Gasteiger partial charge in [0.2, 0.25) is 0 Å². The fourth-order valence-corrected chi connectivity index (χ4v) is 5.33. The molecule has 4 rings (SSSR count). The second kappa shape index (κ2) is 14.2. The molecular formula is C30H27ClN4O6S. The molecule has 0 fully saturated rings. The van der Waals surface area contributed by atoms with E-state index in [1.54, 1.807) is 84.9 Å². The van der Waals surface area contributed by atoms with Gasteiger partial charge in [0.1, 0.15) is 18.0 Å². The number of hydrazone groups is 1. The van der Waals surface area contributed by atoms with Gasteiger partial charge in [-0.05, 0) is 72.3 Å². The molecule has 0 heterocycles. The molecule has 0 aromatic heterocycles. The van der Waals surface area contributed by atoms with Crippen LogP contribution in [0.3, 0.4) is 0 Å². The van der Waals surface area contributed by atoms with E-state index in [0.717, 1.165) is 4.31 Å². The van der Waals surface area contributed by atoms with E-state index in [1.165, 1.54) is 31.5 Å². The number of amides is 2. The number of halogens is 1. The van der Waals surface area contributed by atoms with E-state index in [9.17, 15) is 18.0 Å². The molecule has 0 aliphatic heterocycles. The maximum Gasteiger partial charge on any atom is 0.264 e. The van der Waals surface area contributed by atoms with Gasteiger partial charge in [-0.1, -0.05) is 41.9 Å². The molecule has 2 amide bonds. The third-order valence-corrected chi connectivity index (χ3v) is 7.74. The first-order valence-electron chi connectivity index (χ1n) is 12.6. The summed E-state index contributed by atoms with van der Waals surface area (Å²) >= 11 is 5.92. The Morgan fingerprint density at radius 2 is 1.62 bits per heavy atom. The van der Waals surface area contributed by atoms with E-state index in [1.807, 2.05) is 0 Å². The van der Waals surface area contributed by atoms with Crippen LogP contribution in [-0.4, -0.2) is 46.7 Å². The van der Waals surface area contributed by atoms with Gasteiger partial charge in [0.25, 0.3) is 21.8 Å². The van der Waals surface area contributed by atoms with Crippen LogP contribution in [0.4, 0.5) is 11.4 Å². The van der Waals surface area contributed by atoms with E-state index < -0.39 is 22.5 Å². The number of hydrogen-bond donors (Lipinski definition) is 2. The number of carbonyl (C=O) groups is 2. The van der Waals surface area contributed by atoms with E-state index in [-0.39, 0.29) is 23.1 Å². The van der Waals surface area contributed by atoms with Crippen LogP contribution < -0.4 is 24.5 Å². The van der Waals surface area contributed by atoms with Crippen LogP contribution in [0.5, 0.6) is 11.5 Å². The normalized spacial score (nSPS) is 11.1. The van der Waals surface area contributed by atoms with E-state index in [0.29, 0.717) is 27.8 Å². The van der Waals surface area contributed by atoms with Crippen molar-refractivity contribution in [1.82, 2.24) is 5.43 Å². The Balaban J connectivity index is 1.35. The average molecular weight is 607 g/mol. The number of rotatable bonds is 12. The number of nitrogens with one attached hydrogen (secondary N) is 2. The van der Waals surface area contributed by atoms with E-state index >= 15 is 0 Å². The van der Waals surface area contributed by atoms with Crippen molar-refractivity contribution in [3.8, 4) is 11.5 Å². The largest absolute Gasteiger partial charge is 0.497 e. The molecule has 0 saturated carbocycles. The number of benzene rings is 4. The summed E-state index contributed by atoms with van der Waals surface area (Å²) in [4.78, 5) is 24.9. The zero-order chi connectivity index (χ0) is 30.0. The molecule has 42 heavy (non-hydrogen) atoms. The molecule has 0 aliphatic carbocycles. The van der Waals surface area contributed by atoms with Gasteiger partial charge in [0.05, 0.1) is 23.9 Å². The summed E-state index contributed by atoms with van der Waals surface area (Å²) in [5.74, 6) is -0.104. The van der Waals surface area contributed by atoms with Crippen LogP contribution in [0.15, 0.2) is 113 Å². The molecule has 0 atom stereocenters. The van der Waals surface area contributed by atoms with Gasteiger partial charge in [-0.15, -0.1) is 0 Å². The van der Waals surface area contributed by atoms with Crippen molar-refractivity contribution in [3.05, 3.63) is 114 Å². The summed E-state index contributed by atoms with van der Waals surface area (Å²) in [5, 5.41) is 7.15. The summed E-state index contributed by atoms with van der Waals surface area (Å²) in [6.07, 6.45) is 1.40. The molecule has 10 nitrogen and oxygen atoms in total. The highest BCUT2D eigenvalue weighted by Crippen LogP contribution is 2.26. The minimum atomic E-state index is -4.07. The Hall–Kier alpha value is -4.87. The van der Waals surface area contributed by atoms with Crippen LogP contribution in [0.2, 0.25) is 5.02 Å². The Morgan fingerprint density at radius 3 is 2.33 bits per heavy atom. The molecule has 12 heteroatoms. The summed E-state index contributed by atoms with van der Waals surface area (Å²) in [6.45, 7) is -0.725. The Morgan fingerprint density at radius 1 is 0.881 bits per heavy atom. The predicted molar refractivity (Wildman–Crippen MR) is 162 cm³/mol. The van der Waals surface area contributed by atoms with Gasteiger partial charge in [-0.2, -0.15) is 5.10 Å². The molecule has 216 valence electrons. The van der Waals surface area contributed by atoms with Gasteiger partial charge in [0.15, 0.2) is 6.61 Å². The van der Waals surface area contributed by atoms with Crippen molar-refractivity contribution in [2.75, 3.05) is 29.9 Å². The highest BCUT2D eigenvalue weighted by Gasteiger charge is 2.27. The van der Waals surface area contributed by atoms with Crippen LogP contribution >= 0.6 is 11.6 Å². The van der Waals surface area contributed by atoms with Crippen LogP contribution in [0.25, 0.3) is 0 Å². The second-order valence-corrected chi connectivity index (χ2v) is 11.0. The van der Waals surface area contributed by atoms with Crippen molar-refractivity contribution in [1.29, 1.82) is 0 Å². The number of ether oxygens (including phenoxy) is 2. The number of sulfonamides is 1. The fourth-order valence-electron chi connectivity index (χ4n) is 3.71. The standard InChI is InChI=1S/C30H27ClN4O6S/c1-40-27-10-6-9-25(18-27)35(42(38,39)28-11-3-2-4-12-28)20-29(36)34-32-19-22-13-15-26(16-14-22)41-21-30(37)33-24-8-5-7-23(31)17-24/h2-19H,20-21H2,1H3,(H,33,37)(H,34,36)/b32-19-. The number of methoxy groups -OCH3 is 1. The zero-order valence-corrected chi connectivity index (χ0v) is 24.0. The molecule has 2 N–H and O–H groups in total. The predicted octanol–water partition coefficient (Wildman–Crippen LogP) is 4.71. The van der Waals surface area contributed by atoms with Gasteiger partial charge < -0.3 is 14.8 Å². The lowest BCUT2D eigenvalue weighted by Crippen LogP contribution is -2.39. The van der Waals surface area contributed by atoms with Crippen LogP contribution in [0.1, 0.15) is 5.56 Å². The molecule has 4 aromatic rings. The van der Waals surface area contributed by atoms with Crippen molar-refractivity contribution in [3.63, 3.8) is 0 Å². The summed E-state index contributed by atoms with van der Waals surface area (Å²) in [7, 11) is -2.60. The van der Waals surface area contributed by atoms with Crippen LogP contribution in [-0.2, 0) is 19.6 Å². The SMILES string of the molecule is COc1cccc(N(CC(=O)N/N=C\c2ccc(OCC(=O)Nc3cccc(Cl)c3)cc2)S(=O)(=O)c2ccccc2)c1. The van der Waals surface area contributed by atoms with Gasteiger partial charge >= 0.3 is 0 Å². The molecule has 0 saturated heterocycles. The maximum absolute atomic E-state index is 13.4. The Labute approximate surface area is 248 Å². The summed E-state index contributed by atoms with van der Waals surface area (Å²) in [6, 6.07) is 27.7. The van der Waals surface area contributed by atoms with Crippen molar-refractivity contribution in [2.45, 2.75) is 4.90 Å². The van der Waals surface area contributed by atoms with Crippen molar-refractivity contribution < 1.29 is 27.5 Å². The quantitative estimate of drug-likeness (QED) is 0.178. The van der Waals surface area contributed by atoms with Crippen LogP contribution in [0, 0.1) is 0 Å². The van der Waals surface area contributed by atoms with E-state index in [4.69, 9.17) is 21.1 Å².